The smallest absolute Gasteiger partial charge is 0.293 e. The van der Waals surface area contributed by atoms with Crippen LogP contribution >= 0.6 is 0 Å². The predicted octanol–water partition coefficient (Wildman–Crippen LogP) is 1.43. The van der Waals surface area contributed by atoms with Crippen LogP contribution in [0.15, 0.2) is 0 Å². The molecule has 0 spiro atoms. The number of amides is 1. The number of aromatic amines is 1. The van der Waals surface area contributed by atoms with Gasteiger partial charge in [-0.15, -0.1) is 5.10 Å². The van der Waals surface area contributed by atoms with E-state index in [-0.39, 0.29) is 5.91 Å². The van der Waals surface area contributed by atoms with Gasteiger partial charge in [0.05, 0.1) is 0 Å². The highest BCUT2D eigenvalue weighted by Gasteiger charge is 2.37. The Labute approximate surface area is 124 Å². The minimum Gasteiger partial charge on any atom is -0.331 e. The molecule has 6 nitrogen and oxygen atoms in total. The fraction of sp³-hybridized carbons (Fsp3) is 0.800. The molecule has 0 bridgehead atoms. The number of aromatic nitrogens is 3. The van der Waals surface area contributed by atoms with Crippen molar-refractivity contribution in [2.75, 3.05) is 13.1 Å². The van der Waals surface area contributed by atoms with Crippen molar-refractivity contribution in [1.82, 2.24) is 25.4 Å². The van der Waals surface area contributed by atoms with Crippen LogP contribution in [0.5, 0.6) is 0 Å². The lowest BCUT2D eigenvalue weighted by atomic mass is 10.0. The van der Waals surface area contributed by atoms with Gasteiger partial charge in [-0.2, -0.15) is 0 Å². The molecule has 0 radical (unpaired) electrons. The number of carbonyl (C=O) groups is 1. The molecule has 114 valence electrons. The van der Waals surface area contributed by atoms with E-state index in [4.69, 9.17) is 0 Å². The molecule has 1 unspecified atom stereocenters. The number of H-pyrrole nitrogens is 1. The Bertz CT molecular complexity index is 514. The first kappa shape index (κ1) is 13.2. The van der Waals surface area contributed by atoms with Gasteiger partial charge in [0.2, 0.25) is 5.82 Å². The summed E-state index contributed by atoms with van der Waals surface area (Å²) in [6.07, 6.45) is 8.26. The molecule has 3 fully saturated rings. The molecular formula is C15H23N5O. The van der Waals surface area contributed by atoms with Crippen LogP contribution < -0.4 is 5.32 Å². The first-order valence-electron chi connectivity index (χ1n) is 8.28. The number of carbonyl (C=O) groups excluding carboxylic acids is 1. The van der Waals surface area contributed by atoms with Crippen molar-refractivity contribution in [3.8, 4) is 0 Å². The van der Waals surface area contributed by atoms with Crippen LogP contribution in [0, 0.1) is 0 Å². The summed E-state index contributed by atoms with van der Waals surface area (Å²) in [5, 5.41) is 10.6. The summed E-state index contributed by atoms with van der Waals surface area (Å²) in [6, 6.07) is 0.842. The maximum Gasteiger partial charge on any atom is 0.293 e. The Hall–Kier alpha value is -1.43. The van der Waals surface area contributed by atoms with Crippen molar-refractivity contribution in [2.24, 2.45) is 0 Å². The summed E-state index contributed by atoms with van der Waals surface area (Å²) >= 11 is 0. The van der Waals surface area contributed by atoms with Gasteiger partial charge >= 0.3 is 0 Å². The van der Waals surface area contributed by atoms with E-state index >= 15 is 0 Å². The summed E-state index contributed by atoms with van der Waals surface area (Å²) < 4.78 is 0. The summed E-state index contributed by atoms with van der Waals surface area (Å²) in [5.41, 5.74) is 0. The summed E-state index contributed by atoms with van der Waals surface area (Å²) in [6.45, 7) is 1.88. The van der Waals surface area contributed by atoms with Gasteiger partial charge in [-0.05, 0) is 45.1 Å². The van der Waals surface area contributed by atoms with Crippen LogP contribution in [-0.4, -0.2) is 51.2 Å². The Kier molecular flexibility index (Phi) is 3.41. The zero-order chi connectivity index (χ0) is 14.2. The van der Waals surface area contributed by atoms with Gasteiger partial charge in [-0.25, -0.2) is 4.98 Å². The van der Waals surface area contributed by atoms with Crippen molar-refractivity contribution in [3.63, 3.8) is 0 Å². The maximum atomic E-state index is 12.7. The summed E-state index contributed by atoms with van der Waals surface area (Å²) in [7, 11) is 0. The number of rotatable bonds is 5. The summed E-state index contributed by atoms with van der Waals surface area (Å²) in [4.78, 5) is 19.1. The molecule has 2 N–H and O–H groups in total. The first-order chi connectivity index (χ1) is 10.3. The van der Waals surface area contributed by atoms with Crippen LogP contribution in [0.2, 0.25) is 0 Å². The van der Waals surface area contributed by atoms with Gasteiger partial charge in [-0.1, -0.05) is 6.42 Å². The van der Waals surface area contributed by atoms with Gasteiger partial charge in [-0.3, -0.25) is 9.89 Å². The fourth-order valence-electron chi connectivity index (χ4n) is 3.14. The van der Waals surface area contributed by atoms with E-state index in [1.54, 1.807) is 0 Å². The van der Waals surface area contributed by atoms with Crippen LogP contribution in [0.25, 0.3) is 0 Å². The van der Waals surface area contributed by atoms with Gasteiger partial charge in [0.25, 0.3) is 5.91 Å². The zero-order valence-electron chi connectivity index (χ0n) is 12.3. The average molecular weight is 289 g/mol. The lowest BCUT2D eigenvalue weighted by Crippen LogP contribution is -2.46. The van der Waals surface area contributed by atoms with E-state index < -0.39 is 0 Å². The highest BCUT2D eigenvalue weighted by Crippen LogP contribution is 2.38. The maximum absolute atomic E-state index is 12.7. The largest absolute Gasteiger partial charge is 0.331 e. The number of hydrogen-bond acceptors (Lipinski definition) is 4. The van der Waals surface area contributed by atoms with E-state index in [2.05, 4.69) is 20.5 Å². The lowest BCUT2D eigenvalue weighted by molar-refractivity contribution is 0.0706. The standard InChI is InChI=1S/C15H23N5O/c21-15(14-17-13(18-19-14)10-4-5-10)20(12-6-7-12)9-11-3-1-2-8-16-11/h10-12,16H,1-9H2,(H,17,18,19). The highest BCUT2D eigenvalue weighted by molar-refractivity contribution is 5.91. The van der Waals surface area contributed by atoms with Crippen molar-refractivity contribution in [1.29, 1.82) is 0 Å². The topological polar surface area (TPSA) is 73.9 Å². The third-order valence-corrected chi connectivity index (χ3v) is 4.74. The molecule has 0 aromatic carbocycles. The summed E-state index contributed by atoms with van der Waals surface area (Å²) in [5.74, 6) is 1.77. The predicted molar refractivity (Wildman–Crippen MR) is 78.1 cm³/mol. The molecule has 3 aliphatic rings. The number of nitrogens with one attached hydrogen (secondary N) is 2. The molecule has 1 saturated heterocycles. The molecule has 2 aliphatic carbocycles. The van der Waals surface area contributed by atoms with Crippen molar-refractivity contribution in [3.05, 3.63) is 11.6 Å². The molecule has 1 atom stereocenters. The molecular weight excluding hydrogens is 266 g/mol. The van der Waals surface area contributed by atoms with E-state index in [1.807, 2.05) is 4.90 Å². The fourth-order valence-corrected chi connectivity index (χ4v) is 3.14. The van der Waals surface area contributed by atoms with E-state index in [0.717, 1.165) is 38.2 Å². The van der Waals surface area contributed by atoms with E-state index in [1.165, 1.54) is 25.7 Å². The Morgan fingerprint density at radius 1 is 1.19 bits per heavy atom. The molecule has 1 aromatic rings. The SMILES string of the molecule is O=C(c1n[nH]c(C2CC2)n1)N(CC1CCCCN1)C1CC1. The Morgan fingerprint density at radius 3 is 2.71 bits per heavy atom. The third-order valence-electron chi connectivity index (χ3n) is 4.74. The minimum atomic E-state index is 0.00743. The Morgan fingerprint density at radius 2 is 2.05 bits per heavy atom. The molecule has 1 aliphatic heterocycles. The average Bonchev–Trinajstić information content (AvgIpc) is 3.44. The second kappa shape index (κ2) is 5.40. The molecule has 1 amide bonds. The monoisotopic (exact) mass is 289 g/mol. The molecule has 21 heavy (non-hydrogen) atoms. The van der Waals surface area contributed by atoms with Gasteiger partial charge < -0.3 is 10.2 Å². The normalized spacial score (nSPS) is 25.8. The second-order valence-corrected chi connectivity index (χ2v) is 6.65. The minimum absolute atomic E-state index is 0.00743. The van der Waals surface area contributed by atoms with E-state index in [0.29, 0.717) is 23.8 Å². The molecule has 4 rings (SSSR count). The number of nitrogens with zero attached hydrogens (tertiary/aromatic N) is 3. The highest BCUT2D eigenvalue weighted by atomic mass is 16.2. The first-order valence-corrected chi connectivity index (χ1v) is 8.28. The van der Waals surface area contributed by atoms with Crippen LogP contribution in [0.4, 0.5) is 0 Å². The quantitative estimate of drug-likeness (QED) is 0.860. The Balaban J connectivity index is 1.45. The molecule has 6 heteroatoms. The zero-order valence-corrected chi connectivity index (χ0v) is 12.3. The van der Waals surface area contributed by atoms with Gasteiger partial charge in [0.1, 0.15) is 5.82 Å². The molecule has 1 aromatic heterocycles. The number of hydrogen-bond donors (Lipinski definition) is 2. The number of piperidine rings is 1. The third kappa shape index (κ3) is 2.95. The lowest BCUT2D eigenvalue weighted by Gasteiger charge is -2.30. The van der Waals surface area contributed by atoms with Crippen molar-refractivity contribution >= 4 is 5.91 Å². The van der Waals surface area contributed by atoms with E-state index in [9.17, 15) is 4.79 Å². The van der Waals surface area contributed by atoms with Gasteiger partial charge in [0, 0.05) is 24.5 Å². The van der Waals surface area contributed by atoms with Crippen LogP contribution in [0.1, 0.15) is 67.3 Å². The second-order valence-electron chi connectivity index (χ2n) is 6.65. The molecule has 2 saturated carbocycles. The molecule has 2 heterocycles. The van der Waals surface area contributed by atoms with Gasteiger partial charge in [0.15, 0.2) is 0 Å². The van der Waals surface area contributed by atoms with Crippen molar-refractivity contribution < 1.29 is 4.79 Å². The van der Waals surface area contributed by atoms with Crippen molar-refractivity contribution in [2.45, 2.75) is 62.9 Å². The van der Waals surface area contributed by atoms with Crippen LogP contribution in [0.3, 0.4) is 0 Å². The van der Waals surface area contributed by atoms with Crippen LogP contribution in [-0.2, 0) is 0 Å².